The molecule has 11 heavy (non-hydrogen) atoms. The summed E-state index contributed by atoms with van der Waals surface area (Å²) in [5.41, 5.74) is 1.31. The molecule has 2 rings (SSSR count). The average molecular weight is 149 g/mol. The molecule has 1 aromatic heterocycles. The minimum absolute atomic E-state index is 0.537. The zero-order valence-electron chi connectivity index (χ0n) is 6.36. The van der Waals surface area contributed by atoms with E-state index in [0.717, 1.165) is 19.4 Å². The molecule has 1 aliphatic rings. The van der Waals surface area contributed by atoms with Crippen LogP contribution in [-0.4, -0.2) is 17.7 Å². The first-order valence-electron chi connectivity index (χ1n) is 3.95. The summed E-state index contributed by atoms with van der Waals surface area (Å²) in [5.74, 6) is 0. The van der Waals surface area contributed by atoms with Crippen LogP contribution in [0.2, 0.25) is 0 Å². The molecule has 1 aliphatic heterocycles. The Morgan fingerprint density at radius 2 is 2.55 bits per heavy atom. The highest BCUT2D eigenvalue weighted by Gasteiger charge is 2.21. The van der Waals surface area contributed by atoms with Crippen molar-refractivity contribution < 1.29 is 4.74 Å². The highest BCUT2D eigenvalue weighted by molar-refractivity contribution is 5.08. The van der Waals surface area contributed by atoms with Crippen LogP contribution in [0.1, 0.15) is 12.0 Å². The lowest BCUT2D eigenvalue weighted by atomic mass is 10.1. The maximum atomic E-state index is 5.11. The van der Waals surface area contributed by atoms with Crippen molar-refractivity contribution in [2.75, 3.05) is 6.61 Å². The number of pyridine rings is 1. The number of epoxide rings is 1. The number of aryl methyl sites for hydroxylation is 1. The van der Waals surface area contributed by atoms with Crippen LogP contribution in [0.4, 0.5) is 0 Å². The minimum Gasteiger partial charge on any atom is -0.373 e. The fraction of sp³-hybridized carbons (Fsp3) is 0.444. The summed E-state index contributed by atoms with van der Waals surface area (Å²) in [5, 5.41) is 0. The van der Waals surface area contributed by atoms with Crippen molar-refractivity contribution in [3.8, 4) is 0 Å². The van der Waals surface area contributed by atoms with Crippen LogP contribution in [-0.2, 0) is 11.2 Å². The third kappa shape index (κ3) is 2.02. The molecule has 0 radical (unpaired) electrons. The van der Waals surface area contributed by atoms with Gasteiger partial charge in [0.15, 0.2) is 0 Å². The zero-order chi connectivity index (χ0) is 7.52. The van der Waals surface area contributed by atoms with Gasteiger partial charge in [-0.05, 0) is 24.5 Å². The van der Waals surface area contributed by atoms with Crippen molar-refractivity contribution in [1.29, 1.82) is 0 Å². The third-order valence-electron chi connectivity index (χ3n) is 1.88. The Morgan fingerprint density at radius 1 is 1.64 bits per heavy atom. The van der Waals surface area contributed by atoms with Crippen LogP contribution in [0.3, 0.4) is 0 Å². The number of nitrogens with zero attached hydrogens (tertiary/aromatic N) is 1. The average Bonchev–Trinajstić information content (AvgIpc) is 2.86. The number of rotatable bonds is 3. The molecule has 0 amide bonds. The Bertz CT molecular complexity index is 218. The molecular formula is C9H11NO. The summed E-state index contributed by atoms with van der Waals surface area (Å²) in [6.07, 6.45) is 6.50. The Balaban J connectivity index is 1.85. The molecular weight excluding hydrogens is 138 g/mol. The number of ether oxygens (including phenoxy) is 1. The molecule has 1 saturated heterocycles. The maximum absolute atomic E-state index is 5.11. The molecule has 0 unspecified atom stereocenters. The maximum Gasteiger partial charge on any atom is 0.0813 e. The summed E-state index contributed by atoms with van der Waals surface area (Å²) < 4.78 is 5.11. The largest absolute Gasteiger partial charge is 0.373 e. The molecule has 0 bridgehead atoms. The van der Waals surface area contributed by atoms with Gasteiger partial charge in [-0.25, -0.2) is 0 Å². The Kier molecular flexibility index (Phi) is 1.86. The number of hydrogen-bond acceptors (Lipinski definition) is 2. The van der Waals surface area contributed by atoms with Crippen molar-refractivity contribution in [1.82, 2.24) is 4.98 Å². The SMILES string of the molecule is c1cncc(CC[C@H]2CO2)c1. The summed E-state index contributed by atoms with van der Waals surface area (Å²) in [6.45, 7) is 0.959. The van der Waals surface area contributed by atoms with E-state index in [1.807, 2.05) is 12.3 Å². The fourth-order valence-electron chi connectivity index (χ4n) is 1.11. The standard InChI is InChI=1S/C9H11NO/c1-2-8(6-10-5-1)3-4-9-7-11-9/h1-2,5-6,9H,3-4,7H2/t9-/m0/s1. The summed E-state index contributed by atoms with van der Waals surface area (Å²) in [7, 11) is 0. The number of aromatic nitrogens is 1. The topological polar surface area (TPSA) is 25.4 Å². The molecule has 0 aromatic carbocycles. The van der Waals surface area contributed by atoms with Crippen molar-refractivity contribution >= 4 is 0 Å². The molecule has 0 spiro atoms. The van der Waals surface area contributed by atoms with Crippen LogP contribution in [0, 0.1) is 0 Å². The summed E-state index contributed by atoms with van der Waals surface area (Å²) in [6, 6.07) is 4.08. The lowest BCUT2D eigenvalue weighted by Gasteiger charge is -1.95. The van der Waals surface area contributed by atoms with Gasteiger partial charge in [0.1, 0.15) is 0 Å². The number of hydrogen-bond donors (Lipinski definition) is 0. The Hall–Kier alpha value is -0.890. The smallest absolute Gasteiger partial charge is 0.0813 e. The van der Waals surface area contributed by atoms with E-state index in [9.17, 15) is 0 Å². The van der Waals surface area contributed by atoms with Gasteiger partial charge < -0.3 is 4.74 Å². The van der Waals surface area contributed by atoms with Gasteiger partial charge >= 0.3 is 0 Å². The lowest BCUT2D eigenvalue weighted by Crippen LogP contribution is -1.90. The fourth-order valence-corrected chi connectivity index (χ4v) is 1.11. The minimum atomic E-state index is 0.537. The van der Waals surface area contributed by atoms with Gasteiger partial charge in [0.25, 0.3) is 0 Å². The normalized spacial score (nSPS) is 21.6. The highest BCUT2D eigenvalue weighted by Crippen LogP contribution is 2.15. The van der Waals surface area contributed by atoms with Crippen LogP contribution < -0.4 is 0 Å². The first-order chi connectivity index (χ1) is 5.45. The molecule has 1 aromatic rings. The second-order valence-corrected chi connectivity index (χ2v) is 2.86. The van der Waals surface area contributed by atoms with E-state index in [2.05, 4.69) is 11.1 Å². The van der Waals surface area contributed by atoms with Gasteiger partial charge in [0.05, 0.1) is 12.7 Å². The molecule has 0 saturated carbocycles. The Labute approximate surface area is 66.2 Å². The molecule has 1 atom stereocenters. The van der Waals surface area contributed by atoms with Crippen molar-refractivity contribution in [3.63, 3.8) is 0 Å². The van der Waals surface area contributed by atoms with E-state index in [4.69, 9.17) is 4.74 Å². The van der Waals surface area contributed by atoms with E-state index in [1.165, 1.54) is 5.56 Å². The van der Waals surface area contributed by atoms with E-state index in [-0.39, 0.29) is 0 Å². The molecule has 1 fully saturated rings. The molecule has 2 heterocycles. The van der Waals surface area contributed by atoms with Gasteiger partial charge in [-0.1, -0.05) is 6.07 Å². The molecule has 2 heteroatoms. The van der Waals surface area contributed by atoms with Crippen LogP contribution in [0.15, 0.2) is 24.5 Å². The van der Waals surface area contributed by atoms with Gasteiger partial charge in [0, 0.05) is 12.4 Å². The van der Waals surface area contributed by atoms with Crippen LogP contribution in [0.25, 0.3) is 0 Å². The summed E-state index contributed by atoms with van der Waals surface area (Å²) in [4.78, 5) is 4.04. The zero-order valence-corrected chi connectivity index (χ0v) is 6.36. The second-order valence-electron chi connectivity index (χ2n) is 2.86. The van der Waals surface area contributed by atoms with E-state index < -0.39 is 0 Å². The lowest BCUT2D eigenvalue weighted by molar-refractivity contribution is 0.396. The van der Waals surface area contributed by atoms with Crippen LogP contribution in [0.5, 0.6) is 0 Å². The van der Waals surface area contributed by atoms with Crippen molar-refractivity contribution in [3.05, 3.63) is 30.1 Å². The monoisotopic (exact) mass is 149 g/mol. The van der Waals surface area contributed by atoms with Gasteiger partial charge in [0.2, 0.25) is 0 Å². The quantitative estimate of drug-likeness (QED) is 0.607. The Morgan fingerprint density at radius 3 is 3.18 bits per heavy atom. The van der Waals surface area contributed by atoms with Crippen LogP contribution >= 0.6 is 0 Å². The van der Waals surface area contributed by atoms with Gasteiger partial charge in [-0.2, -0.15) is 0 Å². The predicted molar refractivity (Wildman–Crippen MR) is 42.3 cm³/mol. The third-order valence-corrected chi connectivity index (χ3v) is 1.88. The van der Waals surface area contributed by atoms with Gasteiger partial charge in [-0.15, -0.1) is 0 Å². The second kappa shape index (κ2) is 3.01. The van der Waals surface area contributed by atoms with E-state index >= 15 is 0 Å². The molecule has 2 nitrogen and oxygen atoms in total. The highest BCUT2D eigenvalue weighted by atomic mass is 16.6. The van der Waals surface area contributed by atoms with Crippen molar-refractivity contribution in [2.45, 2.75) is 18.9 Å². The van der Waals surface area contributed by atoms with Crippen molar-refractivity contribution in [2.24, 2.45) is 0 Å². The first-order valence-corrected chi connectivity index (χ1v) is 3.95. The van der Waals surface area contributed by atoms with E-state index in [1.54, 1.807) is 6.20 Å². The predicted octanol–water partition coefficient (Wildman–Crippen LogP) is 1.41. The summed E-state index contributed by atoms with van der Waals surface area (Å²) >= 11 is 0. The molecule has 58 valence electrons. The first kappa shape index (κ1) is 6.80. The van der Waals surface area contributed by atoms with Gasteiger partial charge in [-0.3, -0.25) is 4.98 Å². The molecule has 0 N–H and O–H groups in total. The molecule has 0 aliphatic carbocycles. The van der Waals surface area contributed by atoms with E-state index in [0.29, 0.717) is 6.10 Å².